The molecule has 3 amide bonds. The first-order valence-corrected chi connectivity index (χ1v) is 16.7. The number of hydrogen-bond acceptors (Lipinski definition) is 6. The first-order valence-electron chi connectivity index (χ1n) is 15.3. The second kappa shape index (κ2) is 15.6. The van der Waals surface area contributed by atoms with Crippen molar-refractivity contribution in [3.63, 3.8) is 0 Å². The summed E-state index contributed by atoms with van der Waals surface area (Å²) in [6.07, 6.45) is -7.79. The van der Waals surface area contributed by atoms with Gasteiger partial charge in [-0.05, 0) is 80.0 Å². The molecule has 0 aromatic heterocycles. The van der Waals surface area contributed by atoms with Gasteiger partial charge < -0.3 is 20.3 Å². The molecule has 4 rings (SSSR count). The Morgan fingerprint density at radius 3 is 2.17 bits per heavy atom. The quantitative estimate of drug-likeness (QED) is 0.225. The maximum Gasteiger partial charge on any atom is 0.416 e. The van der Waals surface area contributed by atoms with Crippen LogP contribution in [0.1, 0.15) is 47.9 Å². The highest BCUT2D eigenvalue weighted by molar-refractivity contribution is 7.98. The molecule has 2 aromatic rings. The number of halogens is 6. The zero-order chi connectivity index (χ0) is 34.4. The van der Waals surface area contributed by atoms with Gasteiger partial charge in [-0.2, -0.15) is 38.1 Å². The van der Waals surface area contributed by atoms with E-state index in [1.54, 1.807) is 28.8 Å². The molecule has 47 heavy (non-hydrogen) atoms. The minimum Gasteiger partial charge on any atom is -0.444 e. The number of amides is 3. The fourth-order valence-corrected chi connectivity index (χ4v) is 6.45. The number of hydrogen-bond donors (Lipinski definition) is 1. The van der Waals surface area contributed by atoms with Crippen molar-refractivity contribution >= 4 is 29.7 Å². The average molecular weight is 689 g/mol. The molecule has 15 heteroatoms. The lowest BCUT2D eigenvalue weighted by molar-refractivity contribution is -0.173. The summed E-state index contributed by atoms with van der Waals surface area (Å²) < 4.78 is 86.0. The number of piperazine rings is 1. The number of benzene rings is 2. The van der Waals surface area contributed by atoms with E-state index < -0.39 is 59.9 Å². The fourth-order valence-electron chi connectivity index (χ4n) is 6.03. The number of thioether (sulfide) groups is 1. The Morgan fingerprint density at radius 2 is 1.57 bits per heavy atom. The number of fused-ring (bicyclic) bond motifs is 1. The third-order valence-corrected chi connectivity index (χ3v) is 8.99. The first kappa shape index (κ1) is 36.4. The van der Waals surface area contributed by atoms with E-state index in [1.807, 2.05) is 24.5 Å². The van der Waals surface area contributed by atoms with Crippen LogP contribution < -0.4 is 5.73 Å². The summed E-state index contributed by atoms with van der Waals surface area (Å²) >= 11 is 1.61. The number of unbranched alkanes of at least 4 members (excludes halogenated alkanes) is 1. The van der Waals surface area contributed by atoms with Gasteiger partial charge in [0.15, 0.2) is 0 Å². The molecule has 2 aliphatic rings. The van der Waals surface area contributed by atoms with Crippen molar-refractivity contribution in [2.45, 2.75) is 63.3 Å². The topological polar surface area (TPSA) is 96.2 Å². The molecule has 8 nitrogen and oxygen atoms in total. The monoisotopic (exact) mass is 688 g/mol. The van der Waals surface area contributed by atoms with E-state index in [9.17, 15) is 40.7 Å². The lowest BCUT2D eigenvalue weighted by Gasteiger charge is -2.53. The molecule has 0 aliphatic carbocycles. The van der Waals surface area contributed by atoms with Crippen LogP contribution in [0.5, 0.6) is 0 Å². The molecule has 2 fully saturated rings. The minimum atomic E-state index is -5.06. The Labute approximate surface area is 273 Å². The summed E-state index contributed by atoms with van der Waals surface area (Å²) in [6.45, 7) is -0.237. The summed E-state index contributed by atoms with van der Waals surface area (Å²) in [4.78, 5) is 45.9. The van der Waals surface area contributed by atoms with Crippen LogP contribution in [0.25, 0.3) is 0 Å². The molecule has 2 aromatic carbocycles. The molecular weight excluding hydrogens is 650 g/mol. The number of rotatable bonds is 12. The molecule has 0 spiro atoms. The van der Waals surface area contributed by atoms with Gasteiger partial charge in [0.05, 0.1) is 23.6 Å². The highest BCUT2D eigenvalue weighted by Gasteiger charge is 2.51. The summed E-state index contributed by atoms with van der Waals surface area (Å²) in [5.74, 6) is -0.563. The first-order chi connectivity index (χ1) is 22.2. The number of alkyl halides is 6. The van der Waals surface area contributed by atoms with E-state index in [0.717, 1.165) is 11.3 Å². The van der Waals surface area contributed by atoms with Crippen molar-refractivity contribution in [2.24, 2.45) is 11.7 Å². The van der Waals surface area contributed by atoms with E-state index in [2.05, 4.69) is 0 Å². The van der Waals surface area contributed by atoms with Gasteiger partial charge in [0.2, 0.25) is 11.8 Å². The SMILES string of the molecule is CSCCCN1C[C@@H]2N(C(=O)OCc3cc(C(F)(F)F)cc(C(F)(F)F)c3)C[C@H](Cc3ccccc3)C(=O)N2[C@@H](CCCCN)C1=O. The van der Waals surface area contributed by atoms with Gasteiger partial charge in [0.1, 0.15) is 18.8 Å². The standard InChI is InChI=1S/C32H38F6N4O4S/c1-47-13-7-12-40-19-27-41(30(45)46-20-22-15-24(31(33,34)35)17-25(16-22)32(36,37)38)18-23(14-21-8-3-2-4-9-21)28(43)42(27)26(29(40)44)10-5-6-11-39/h2-4,8-9,15-17,23,26-27H,5-7,10-14,18-20,39H2,1H3/t23-,26-,27+/m0/s1. The summed E-state index contributed by atoms with van der Waals surface area (Å²) in [7, 11) is 0. The number of carbonyl (C=O) groups excluding carboxylic acids is 3. The Bertz CT molecular complexity index is 1360. The molecule has 0 unspecified atom stereocenters. The van der Waals surface area contributed by atoms with Crippen LogP contribution in [0.15, 0.2) is 48.5 Å². The third-order valence-electron chi connectivity index (χ3n) is 8.30. The van der Waals surface area contributed by atoms with Crippen molar-refractivity contribution < 1.29 is 45.5 Å². The van der Waals surface area contributed by atoms with Crippen molar-refractivity contribution in [3.8, 4) is 0 Å². The van der Waals surface area contributed by atoms with E-state index in [0.29, 0.717) is 50.9 Å². The van der Waals surface area contributed by atoms with E-state index in [-0.39, 0.29) is 37.4 Å². The summed E-state index contributed by atoms with van der Waals surface area (Å²) in [5, 5.41) is 0. The van der Waals surface area contributed by atoms with Crippen molar-refractivity contribution in [3.05, 3.63) is 70.8 Å². The van der Waals surface area contributed by atoms with Crippen LogP contribution in [-0.2, 0) is 39.7 Å². The highest BCUT2D eigenvalue weighted by atomic mass is 32.2. The molecule has 2 N–H and O–H groups in total. The Balaban J connectivity index is 1.66. The zero-order valence-corrected chi connectivity index (χ0v) is 26.7. The highest BCUT2D eigenvalue weighted by Crippen LogP contribution is 2.37. The van der Waals surface area contributed by atoms with Crippen LogP contribution >= 0.6 is 11.8 Å². The van der Waals surface area contributed by atoms with Crippen molar-refractivity contribution in [1.82, 2.24) is 14.7 Å². The average Bonchev–Trinajstić information content (AvgIpc) is 3.02. The van der Waals surface area contributed by atoms with Crippen LogP contribution in [-0.4, -0.2) is 83.0 Å². The molecule has 2 aliphatic heterocycles. The lowest BCUT2D eigenvalue weighted by atomic mass is 9.90. The molecule has 2 heterocycles. The van der Waals surface area contributed by atoms with Crippen molar-refractivity contribution in [1.29, 1.82) is 0 Å². The maximum absolute atomic E-state index is 14.1. The van der Waals surface area contributed by atoms with Crippen molar-refractivity contribution in [2.75, 3.05) is 38.2 Å². The van der Waals surface area contributed by atoms with Gasteiger partial charge in [-0.3, -0.25) is 14.5 Å². The fraction of sp³-hybridized carbons (Fsp3) is 0.531. The molecule has 0 saturated carbocycles. The second-order valence-electron chi connectivity index (χ2n) is 11.7. The second-order valence-corrected chi connectivity index (χ2v) is 12.7. The zero-order valence-electron chi connectivity index (χ0n) is 25.9. The van der Waals surface area contributed by atoms with Gasteiger partial charge in [0.25, 0.3) is 0 Å². The Morgan fingerprint density at radius 1 is 0.915 bits per heavy atom. The Hall–Kier alpha value is -3.46. The van der Waals surface area contributed by atoms with E-state index in [4.69, 9.17) is 10.5 Å². The molecule has 0 radical (unpaired) electrons. The van der Waals surface area contributed by atoms with Crippen LogP contribution in [0.3, 0.4) is 0 Å². The predicted octanol–water partition coefficient (Wildman–Crippen LogP) is 5.78. The number of carbonyl (C=O) groups is 3. The minimum absolute atomic E-state index is 0.00308. The van der Waals surface area contributed by atoms with E-state index >= 15 is 0 Å². The maximum atomic E-state index is 14.1. The van der Waals surface area contributed by atoms with Crippen LogP contribution in [0, 0.1) is 5.92 Å². The smallest absolute Gasteiger partial charge is 0.416 e. The molecule has 258 valence electrons. The largest absolute Gasteiger partial charge is 0.444 e. The third kappa shape index (κ3) is 9.12. The van der Waals surface area contributed by atoms with Gasteiger partial charge in [0, 0.05) is 13.1 Å². The summed E-state index contributed by atoms with van der Waals surface area (Å²) in [6, 6.07) is 9.19. The van der Waals surface area contributed by atoms with Gasteiger partial charge in [-0.25, -0.2) is 4.79 Å². The normalized spacial score (nSPS) is 20.4. The summed E-state index contributed by atoms with van der Waals surface area (Å²) in [5.41, 5.74) is 2.95. The molecule has 2 saturated heterocycles. The predicted molar refractivity (Wildman–Crippen MR) is 164 cm³/mol. The number of nitrogens with zero attached hydrogens (tertiary/aromatic N) is 3. The molecular formula is C32H38F6N4O4S. The number of ether oxygens (including phenoxy) is 1. The van der Waals surface area contributed by atoms with Gasteiger partial charge >= 0.3 is 18.4 Å². The van der Waals surface area contributed by atoms with Gasteiger partial charge in [-0.15, -0.1) is 0 Å². The molecule has 0 bridgehead atoms. The number of nitrogens with two attached hydrogens (primary N) is 1. The molecule has 3 atom stereocenters. The van der Waals surface area contributed by atoms with Crippen LogP contribution in [0.2, 0.25) is 0 Å². The van der Waals surface area contributed by atoms with Crippen LogP contribution in [0.4, 0.5) is 31.1 Å². The van der Waals surface area contributed by atoms with E-state index in [1.165, 1.54) is 9.80 Å². The van der Waals surface area contributed by atoms with Gasteiger partial charge in [-0.1, -0.05) is 30.3 Å². The Kier molecular flexibility index (Phi) is 12.1. The lowest BCUT2D eigenvalue weighted by Crippen LogP contribution is -2.73.